The number of aromatic nitrogens is 1. The molecule has 1 unspecified atom stereocenters. The Morgan fingerprint density at radius 2 is 2.19 bits per heavy atom. The molecule has 1 atom stereocenters. The van der Waals surface area contributed by atoms with Crippen molar-refractivity contribution < 1.29 is 8.42 Å². The maximum Gasteiger partial charge on any atom is 0.241 e. The van der Waals surface area contributed by atoms with Gasteiger partial charge in [0.2, 0.25) is 10.0 Å². The summed E-state index contributed by atoms with van der Waals surface area (Å²) < 4.78 is 27.7. The van der Waals surface area contributed by atoms with Crippen molar-refractivity contribution in [2.75, 3.05) is 11.9 Å². The minimum atomic E-state index is -3.47. The van der Waals surface area contributed by atoms with E-state index >= 15 is 0 Å². The largest absolute Gasteiger partial charge is 0.370 e. The van der Waals surface area contributed by atoms with Crippen LogP contribution in [0.2, 0.25) is 0 Å². The average molecular weight is 311 g/mol. The monoisotopic (exact) mass is 311 g/mol. The van der Waals surface area contributed by atoms with Crippen molar-refractivity contribution in [3.63, 3.8) is 0 Å². The number of anilines is 1. The van der Waals surface area contributed by atoms with Crippen LogP contribution in [0.1, 0.15) is 46.5 Å². The van der Waals surface area contributed by atoms with Crippen LogP contribution < -0.4 is 10.0 Å². The number of hydrogen-bond donors (Lipinski definition) is 2. The van der Waals surface area contributed by atoms with Crippen LogP contribution in [0, 0.1) is 5.41 Å². The van der Waals surface area contributed by atoms with Crippen molar-refractivity contribution in [3.05, 3.63) is 18.3 Å². The fourth-order valence-corrected chi connectivity index (χ4v) is 4.04. The zero-order chi connectivity index (χ0) is 15.5. The molecule has 1 heterocycles. The standard InChI is InChI=1S/C15H25N3O2S/c1-4-8-16-14-10-13(6-9-17-14)21(19,20)18-12-5-7-15(2,3)11-12/h6,9-10,12,18H,4-5,7-8,11H2,1-3H3,(H,16,17). The van der Waals surface area contributed by atoms with Gasteiger partial charge < -0.3 is 5.32 Å². The van der Waals surface area contributed by atoms with Gasteiger partial charge in [0.15, 0.2) is 0 Å². The maximum absolute atomic E-state index is 12.5. The lowest BCUT2D eigenvalue weighted by Gasteiger charge is -2.18. The van der Waals surface area contributed by atoms with Gasteiger partial charge in [-0.2, -0.15) is 0 Å². The Morgan fingerprint density at radius 1 is 1.43 bits per heavy atom. The van der Waals surface area contributed by atoms with Crippen LogP contribution in [-0.4, -0.2) is 26.0 Å². The summed E-state index contributed by atoms with van der Waals surface area (Å²) in [5.74, 6) is 0.603. The summed E-state index contributed by atoms with van der Waals surface area (Å²) in [6, 6.07) is 3.17. The molecular weight excluding hydrogens is 286 g/mol. The Bertz CT molecular complexity index is 584. The van der Waals surface area contributed by atoms with Crippen LogP contribution in [0.3, 0.4) is 0 Å². The van der Waals surface area contributed by atoms with Crippen molar-refractivity contribution in [1.82, 2.24) is 9.71 Å². The van der Waals surface area contributed by atoms with Crippen molar-refractivity contribution in [1.29, 1.82) is 0 Å². The smallest absolute Gasteiger partial charge is 0.241 e. The SMILES string of the molecule is CCCNc1cc(S(=O)(=O)NC2CCC(C)(C)C2)ccn1. The molecule has 0 aliphatic heterocycles. The summed E-state index contributed by atoms with van der Waals surface area (Å²) in [6.07, 6.45) is 5.34. The Labute approximate surface area is 127 Å². The Morgan fingerprint density at radius 3 is 2.81 bits per heavy atom. The quantitative estimate of drug-likeness (QED) is 0.847. The van der Waals surface area contributed by atoms with Gasteiger partial charge in [-0.05, 0) is 37.2 Å². The van der Waals surface area contributed by atoms with Gasteiger partial charge in [0, 0.05) is 24.8 Å². The first-order chi connectivity index (χ1) is 9.82. The second kappa shape index (κ2) is 6.32. The summed E-state index contributed by atoms with van der Waals surface area (Å²) in [6.45, 7) is 7.19. The van der Waals surface area contributed by atoms with Gasteiger partial charge in [-0.3, -0.25) is 0 Å². The molecule has 1 aromatic heterocycles. The van der Waals surface area contributed by atoms with Crippen molar-refractivity contribution in [2.45, 2.75) is 57.4 Å². The lowest BCUT2D eigenvalue weighted by atomic mass is 9.92. The highest BCUT2D eigenvalue weighted by Gasteiger charge is 2.33. The molecule has 6 heteroatoms. The minimum Gasteiger partial charge on any atom is -0.370 e. The van der Waals surface area contributed by atoms with E-state index in [1.54, 1.807) is 12.1 Å². The van der Waals surface area contributed by atoms with Crippen LogP contribution in [0.25, 0.3) is 0 Å². The minimum absolute atomic E-state index is 0.0326. The summed E-state index contributed by atoms with van der Waals surface area (Å²) in [7, 11) is -3.47. The van der Waals surface area contributed by atoms with E-state index in [2.05, 4.69) is 35.8 Å². The lowest BCUT2D eigenvalue weighted by Crippen LogP contribution is -2.33. The predicted octanol–water partition coefficient (Wildman–Crippen LogP) is 2.76. The fourth-order valence-electron chi connectivity index (χ4n) is 2.75. The van der Waals surface area contributed by atoms with Gasteiger partial charge in [0.1, 0.15) is 5.82 Å². The summed E-state index contributed by atoms with van der Waals surface area (Å²) in [5.41, 5.74) is 0.221. The number of nitrogens with zero attached hydrogens (tertiary/aromatic N) is 1. The molecule has 0 saturated heterocycles. The van der Waals surface area contributed by atoms with E-state index in [4.69, 9.17) is 0 Å². The third-order valence-electron chi connectivity index (χ3n) is 3.89. The third kappa shape index (κ3) is 4.41. The fraction of sp³-hybridized carbons (Fsp3) is 0.667. The molecule has 0 aromatic carbocycles. The molecule has 0 amide bonds. The first-order valence-corrected chi connectivity index (χ1v) is 9.03. The number of hydrogen-bond acceptors (Lipinski definition) is 4. The van der Waals surface area contributed by atoms with Crippen LogP contribution >= 0.6 is 0 Å². The van der Waals surface area contributed by atoms with Crippen LogP contribution in [-0.2, 0) is 10.0 Å². The molecule has 0 bridgehead atoms. The normalized spacial score (nSPS) is 21.4. The first kappa shape index (κ1) is 16.2. The molecule has 2 N–H and O–H groups in total. The molecule has 1 aliphatic carbocycles. The summed E-state index contributed by atoms with van der Waals surface area (Å²) in [4.78, 5) is 4.42. The van der Waals surface area contributed by atoms with E-state index in [1.807, 2.05) is 0 Å². The third-order valence-corrected chi connectivity index (χ3v) is 5.41. The highest BCUT2D eigenvalue weighted by molar-refractivity contribution is 7.89. The van der Waals surface area contributed by atoms with E-state index < -0.39 is 10.0 Å². The second-order valence-electron chi connectivity index (χ2n) is 6.53. The Kier molecular flexibility index (Phi) is 4.88. The van der Waals surface area contributed by atoms with Gasteiger partial charge >= 0.3 is 0 Å². The van der Waals surface area contributed by atoms with Gasteiger partial charge in [0.05, 0.1) is 4.90 Å². The van der Waals surface area contributed by atoms with Gasteiger partial charge in [-0.1, -0.05) is 20.8 Å². The van der Waals surface area contributed by atoms with Gasteiger partial charge in [-0.15, -0.1) is 0 Å². The molecule has 21 heavy (non-hydrogen) atoms. The molecule has 1 fully saturated rings. The Balaban J connectivity index is 2.09. The van der Waals surface area contributed by atoms with Crippen LogP contribution in [0.4, 0.5) is 5.82 Å². The van der Waals surface area contributed by atoms with Gasteiger partial charge in [-0.25, -0.2) is 18.1 Å². The molecule has 5 nitrogen and oxygen atoms in total. The highest BCUT2D eigenvalue weighted by atomic mass is 32.2. The number of pyridine rings is 1. The van der Waals surface area contributed by atoms with E-state index in [0.29, 0.717) is 5.82 Å². The van der Waals surface area contributed by atoms with E-state index in [9.17, 15) is 8.42 Å². The number of sulfonamides is 1. The van der Waals surface area contributed by atoms with Crippen LogP contribution in [0.15, 0.2) is 23.2 Å². The average Bonchev–Trinajstić information content (AvgIpc) is 2.75. The van der Waals surface area contributed by atoms with Crippen molar-refractivity contribution in [2.24, 2.45) is 5.41 Å². The van der Waals surface area contributed by atoms with Crippen molar-refractivity contribution >= 4 is 15.8 Å². The van der Waals surface area contributed by atoms with E-state index in [0.717, 1.165) is 32.2 Å². The molecular formula is C15H25N3O2S. The molecule has 1 aromatic rings. The van der Waals surface area contributed by atoms with E-state index in [-0.39, 0.29) is 16.4 Å². The highest BCUT2D eigenvalue weighted by Crippen LogP contribution is 2.37. The number of rotatable bonds is 6. The molecule has 0 spiro atoms. The first-order valence-electron chi connectivity index (χ1n) is 7.55. The summed E-state index contributed by atoms with van der Waals surface area (Å²) in [5, 5.41) is 3.11. The molecule has 0 radical (unpaired) electrons. The molecule has 2 rings (SSSR count). The van der Waals surface area contributed by atoms with Crippen LogP contribution in [0.5, 0.6) is 0 Å². The van der Waals surface area contributed by atoms with E-state index in [1.165, 1.54) is 6.20 Å². The Hall–Kier alpha value is -1.14. The molecule has 118 valence electrons. The maximum atomic E-state index is 12.5. The second-order valence-corrected chi connectivity index (χ2v) is 8.24. The molecule has 1 saturated carbocycles. The number of nitrogens with one attached hydrogen (secondary N) is 2. The molecule has 1 aliphatic rings. The lowest BCUT2D eigenvalue weighted by molar-refractivity contribution is 0.372. The zero-order valence-electron chi connectivity index (χ0n) is 13.0. The predicted molar refractivity (Wildman–Crippen MR) is 84.8 cm³/mol. The van der Waals surface area contributed by atoms with Crippen molar-refractivity contribution in [3.8, 4) is 0 Å². The van der Waals surface area contributed by atoms with Gasteiger partial charge in [0.25, 0.3) is 0 Å². The zero-order valence-corrected chi connectivity index (χ0v) is 13.8. The topological polar surface area (TPSA) is 71.1 Å². The summed E-state index contributed by atoms with van der Waals surface area (Å²) >= 11 is 0.